The number of hydrogen-bond acceptors (Lipinski definition) is 4. The number of ether oxygens (including phenoxy) is 1. The van der Waals surface area contributed by atoms with Crippen molar-refractivity contribution < 1.29 is 18.3 Å². The number of hydrogen-bond donors (Lipinski definition) is 1. The Morgan fingerprint density at radius 1 is 1.28 bits per heavy atom. The van der Waals surface area contributed by atoms with E-state index in [0.29, 0.717) is 43.8 Å². The van der Waals surface area contributed by atoms with Crippen molar-refractivity contribution in [3.63, 3.8) is 0 Å². The molecule has 1 aromatic heterocycles. The summed E-state index contributed by atoms with van der Waals surface area (Å²) in [6, 6.07) is 11.0. The Bertz CT molecular complexity index is 1120. The molecular formula is C24H26F2N4O2. The highest BCUT2D eigenvalue weighted by Gasteiger charge is 2.30. The Kier molecular flexibility index (Phi) is 6.60. The highest BCUT2D eigenvalue weighted by molar-refractivity contribution is 5.90. The number of aromatic nitrogens is 3. The third kappa shape index (κ3) is 4.70. The molecule has 2 heterocycles. The maximum Gasteiger partial charge on any atom is 0.291 e. The number of nitrogens with zero attached hydrogens (tertiary/aromatic N) is 3. The zero-order chi connectivity index (χ0) is 22.7. The molecule has 6 nitrogen and oxygen atoms in total. The van der Waals surface area contributed by atoms with E-state index in [-0.39, 0.29) is 23.6 Å². The van der Waals surface area contributed by atoms with E-state index in [0.717, 1.165) is 11.1 Å². The number of nitrogens with one attached hydrogen (secondary N) is 1. The van der Waals surface area contributed by atoms with E-state index in [1.807, 2.05) is 13.8 Å². The highest BCUT2D eigenvalue weighted by Crippen LogP contribution is 2.29. The minimum absolute atomic E-state index is 0.0345. The summed E-state index contributed by atoms with van der Waals surface area (Å²) in [5.74, 6) is -0.593. The van der Waals surface area contributed by atoms with Crippen LogP contribution in [0.1, 0.15) is 59.0 Å². The van der Waals surface area contributed by atoms with Gasteiger partial charge in [-0.25, -0.2) is 18.4 Å². The largest absolute Gasteiger partial charge is 0.363 e. The number of carbonyl (C=O) groups is 1. The van der Waals surface area contributed by atoms with Crippen molar-refractivity contribution in [2.45, 2.75) is 51.8 Å². The van der Waals surface area contributed by atoms with Gasteiger partial charge in [-0.2, -0.15) is 0 Å². The molecule has 2 aromatic carbocycles. The number of aryl methyl sites for hydroxylation is 2. The number of rotatable bonds is 7. The number of benzene rings is 2. The lowest BCUT2D eigenvalue weighted by atomic mass is 9.99. The summed E-state index contributed by atoms with van der Waals surface area (Å²) in [7, 11) is 0. The number of halogens is 2. The first-order chi connectivity index (χ1) is 15.5. The van der Waals surface area contributed by atoms with Crippen LogP contribution in [0.5, 0.6) is 0 Å². The third-order valence-electron chi connectivity index (χ3n) is 5.81. The molecule has 1 N–H and O–H groups in total. The molecule has 2 atom stereocenters. The van der Waals surface area contributed by atoms with Crippen LogP contribution < -0.4 is 5.32 Å². The van der Waals surface area contributed by atoms with Crippen LogP contribution in [-0.2, 0) is 17.7 Å². The minimum Gasteiger partial charge on any atom is -0.363 e. The maximum atomic E-state index is 14.3. The van der Waals surface area contributed by atoms with Gasteiger partial charge in [-0.15, -0.1) is 5.10 Å². The Hall–Kier alpha value is -3.13. The van der Waals surface area contributed by atoms with Gasteiger partial charge in [0, 0.05) is 11.6 Å². The summed E-state index contributed by atoms with van der Waals surface area (Å²) < 4.78 is 35.2. The first kappa shape index (κ1) is 22.1. The van der Waals surface area contributed by atoms with Crippen molar-refractivity contribution in [1.82, 2.24) is 20.1 Å². The Labute approximate surface area is 185 Å². The summed E-state index contributed by atoms with van der Waals surface area (Å²) in [4.78, 5) is 17.2. The molecule has 0 saturated carbocycles. The molecule has 0 radical (unpaired) electrons. The quantitative estimate of drug-likeness (QED) is 0.600. The molecule has 3 aromatic rings. The molecule has 8 heteroatoms. The van der Waals surface area contributed by atoms with Crippen molar-refractivity contribution in [2.75, 3.05) is 6.61 Å². The SMILES string of the molecule is CC[C@H](CCc1cc(F)ccc1C)NC(=O)c1nc2n(n1)CCO[C@H]2c1ccccc1F. The summed E-state index contributed by atoms with van der Waals surface area (Å²) in [6.07, 6.45) is 1.32. The van der Waals surface area contributed by atoms with E-state index in [2.05, 4.69) is 15.4 Å². The Balaban J connectivity index is 1.46. The second-order valence-electron chi connectivity index (χ2n) is 7.98. The van der Waals surface area contributed by atoms with Gasteiger partial charge >= 0.3 is 0 Å². The summed E-state index contributed by atoms with van der Waals surface area (Å²) in [5.41, 5.74) is 2.32. The third-order valence-corrected chi connectivity index (χ3v) is 5.81. The van der Waals surface area contributed by atoms with Gasteiger partial charge in [-0.3, -0.25) is 4.79 Å². The predicted octanol–water partition coefficient (Wildman–Crippen LogP) is 4.13. The van der Waals surface area contributed by atoms with E-state index in [1.54, 1.807) is 28.9 Å². The van der Waals surface area contributed by atoms with Gasteiger partial charge in [0.2, 0.25) is 5.82 Å². The average molecular weight is 440 g/mol. The summed E-state index contributed by atoms with van der Waals surface area (Å²) in [6.45, 7) is 4.72. The van der Waals surface area contributed by atoms with E-state index in [9.17, 15) is 13.6 Å². The first-order valence-electron chi connectivity index (χ1n) is 10.8. The van der Waals surface area contributed by atoms with Gasteiger partial charge in [0.25, 0.3) is 5.91 Å². The molecule has 0 aliphatic carbocycles. The summed E-state index contributed by atoms with van der Waals surface area (Å²) in [5, 5.41) is 7.31. The van der Waals surface area contributed by atoms with Crippen molar-refractivity contribution >= 4 is 5.91 Å². The molecule has 168 valence electrons. The van der Waals surface area contributed by atoms with Crippen LogP contribution in [0, 0.1) is 18.6 Å². The Morgan fingerprint density at radius 2 is 2.09 bits per heavy atom. The molecule has 32 heavy (non-hydrogen) atoms. The molecule has 1 aliphatic rings. The molecule has 0 fully saturated rings. The fourth-order valence-electron chi connectivity index (χ4n) is 3.92. The lowest BCUT2D eigenvalue weighted by molar-refractivity contribution is 0.0369. The normalized spacial score (nSPS) is 16.4. The zero-order valence-electron chi connectivity index (χ0n) is 18.1. The van der Waals surface area contributed by atoms with Gasteiger partial charge in [0.15, 0.2) is 5.82 Å². The molecular weight excluding hydrogens is 414 g/mol. The van der Waals surface area contributed by atoms with Gasteiger partial charge in [-0.1, -0.05) is 31.2 Å². The zero-order valence-corrected chi connectivity index (χ0v) is 18.1. The highest BCUT2D eigenvalue weighted by atomic mass is 19.1. The number of carbonyl (C=O) groups excluding carboxylic acids is 1. The van der Waals surface area contributed by atoms with E-state index in [1.165, 1.54) is 18.2 Å². The van der Waals surface area contributed by atoms with Crippen LogP contribution in [0.25, 0.3) is 0 Å². The van der Waals surface area contributed by atoms with Crippen LogP contribution in [-0.4, -0.2) is 33.3 Å². The number of amides is 1. The van der Waals surface area contributed by atoms with Gasteiger partial charge in [0.1, 0.15) is 17.7 Å². The molecule has 0 unspecified atom stereocenters. The van der Waals surface area contributed by atoms with Crippen LogP contribution in [0.15, 0.2) is 42.5 Å². The van der Waals surface area contributed by atoms with Crippen molar-refractivity contribution in [2.24, 2.45) is 0 Å². The van der Waals surface area contributed by atoms with Gasteiger partial charge < -0.3 is 10.1 Å². The van der Waals surface area contributed by atoms with Crippen molar-refractivity contribution in [3.05, 3.63) is 82.4 Å². The van der Waals surface area contributed by atoms with Crippen LogP contribution in [0.2, 0.25) is 0 Å². The Morgan fingerprint density at radius 3 is 2.88 bits per heavy atom. The first-order valence-corrected chi connectivity index (χ1v) is 10.8. The summed E-state index contributed by atoms with van der Waals surface area (Å²) >= 11 is 0. The fraction of sp³-hybridized carbons (Fsp3) is 0.375. The van der Waals surface area contributed by atoms with Crippen LogP contribution in [0.3, 0.4) is 0 Å². The molecule has 0 spiro atoms. The van der Waals surface area contributed by atoms with Gasteiger partial charge in [-0.05, 0) is 55.5 Å². The lowest BCUT2D eigenvalue weighted by Gasteiger charge is -2.23. The molecule has 0 bridgehead atoms. The molecule has 1 aliphatic heterocycles. The predicted molar refractivity (Wildman–Crippen MR) is 115 cm³/mol. The van der Waals surface area contributed by atoms with Crippen molar-refractivity contribution in [1.29, 1.82) is 0 Å². The standard InChI is InChI=1S/C24H26F2N4O2/c1-3-18(11-9-16-14-17(25)10-8-15(16)2)27-24(31)22-28-23-21(32-13-12-30(23)29-22)19-6-4-5-7-20(19)26/h4-8,10,14,18,21H,3,9,11-13H2,1-2H3,(H,27,31)/t18-,21+/m1/s1. The molecule has 4 rings (SSSR count). The van der Waals surface area contributed by atoms with Crippen LogP contribution >= 0.6 is 0 Å². The average Bonchev–Trinajstić information content (AvgIpc) is 3.24. The van der Waals surface area contributed by atoms with Gasteiger partial charge in [0.05, 0.1) is 13.2 Å². The minimum atomic E-state index is -0.711. The van der Waals surface area contributed by atoms with E-state index in [4.69, 9.17) is 4.74 Å². The second-order valence-corrected chi connectivity index (χ2v) is 7.98. The molecule has 0 saturated heterocycles. The smallest absolute Gasteiger partial charge is 0.291 e. The van der Waals surface area contributed by atoms with E-state index < -0.39 is 11.9 Å². The second kappa shape index (κ2) is 9.56. The lowest BCUT2D eigenvalue weighted by Crippen LogP contribution is -2.35. The monoisotopic (exact) mass is 440 g/mol. The fourth-order valence-corrected chi connectivity index (χ4v) is 3.92. The number of fused-ring (bicyclic) bond motifs is 1. The van der Waals surface area contributed by atoms with Crippen LogP contribution in [0.4, 0.5) is 8.78 Å². The van der Waals surface area contributed by atoms with E-state index >= 15 is 0 Å². The topological polar surface area (TPSA) is 69.0 Å². The van der Waals surface area contributed by atoms with Crippen molar-refractivity contribution in [3.8, 4) is 0 Å². The molecule has 1 amide bonds. The maximum absolute atomic E-state index is 14.3.